The largest absolute Gasteiger partial charge is 0.359 e. The van der Waals surface area contributed by atoms with Crippen LogP contribution in [0.25, 0.3) is 0 Å². The third-order valence-electron chi connectivity index (χ3n) is 4.48. The van der Waals surface area contributed by atoms with Gasteiger partial charge in [-0.2, -0.15) is 0 Å². The lowest BCUT2D eigenvalue weighted by atomic mass is 9.78. The summed E-state index contributed by atoms with van der Waals surface area (Å²) < 4.78 is 13.1. The molecule has 0 amide bonds. The van der Waals surface area contributed by atoms with Gasteiger partial charge in [0.1, 0.15) is 5.82 Å². The quantitative estimate of drug-likeness (QED) is 0.857. The Kier molecular flexibility index (Phi) is 4.46. The molecule has 1 aromatic carbocycles. The predicted molar refractivity (Wildman–Crippen MR) is 88.5 cm³/mol. The van der Waals surface area contributed by atoms with E-state index in [1.165, 1.54) is 31.7 Å². The number of halogens is 2. The van der Waals surface area contributed by atoms with Gasteiger partial charge in [-0.3, -0.25) is 4.99 Å². The van der Waals surface area contributed by atoms with E-state index < -0.39 is 0 Å². The molecule has 1 aliphatic carbocycles. The first-order valence-electron chi connectivity index (χ1n) is 7.46. The molecule has 114 valence electrons. The standard InChI is InChI=1S/C16H20ClFN2S/c1-11-4-6-16(7-5-11)10-21-15(20-16)19-9-12-2-3-14(18)13(17)8-12/h2-3,8,11H,4-7,9-10H2,1H3,(H,19,20). The number of benzene rings is 1. The molecule has 1 saturated carbocycles. The molecule has 0 aromatic heterocycles. The maximum absolute atomic E-state index is 13.1. The molecule has 1 aliphatic heterocycles. The predicted octanol–water partition coefficient (Wildman–Crippen LogP) is 4.62. The Labute approximate surface area is 134 Å². The summed E-state index contributed by atoms with van der Waals surface area (Å²) in [4.78, 5) is 4.62. The third kappa shape index (κ3) is 3.54. The van der Waals surface area contributed by atoms with Gasteiger partial charge in [-0.1, -0.05) is 36.4 Å². The van der Waals surface area contributed by atoms with E-state index in [9.17, 15) is 4.39 Å². The van der Waals surface area contributed by atoms with Crippen LogP contribution >= 0.6 is 23.4 Å². The molecule has 5 heteroatoms. The van der Waals surface area contributed by atoms with Crippen molar-refractivity contribution in [3.8, 4) is 0 Å². The monoisotopic (exact) mass is 326 g/mol. The van der Waals surface area contributed by atoms with Crippen LogP contribution in [-0.4, -0.2) is 16.5 Å². The summed E-state index contributed by atoms with van der Waals surface area (Å²) in [5.74, 6) is 1.59. The fourth-order valence-electron chi connectivity index (χ4n) is 2.98. The van der Waals surface area contributed by atoms with Crippen LogP contribution in [0.5, 0.6) is 0 Å². The summed E-state index contributed by atoms with van der Waals surface area (Å²) in [7, 11) is 0. The topological polar surface area (TPSA) is 24.4 Å². The maximum atomic E-state index is 13.1. The summed E-state index contributed by atoms with van der Waals surface area (Å²) in [5, 5.41) is 4.81. The Morgan fingerprint density at radius 2 is 2.19 bits per heavy atom. The first-order chi connectivity index (χ1) is 10.1. The number of nitrogens with one attached hydrogen (secondary N) is 1. The number of thioether (sulfide) groups is 1. The van der Waals surface area contributed by atoms with E-state index in [4.69, 9.17) is 11.6 Å². The highest BCUT2D eigenvalue weighted by molar-refractivity contribution is 8.14. The van der Waals surface area contributed by atoms with E-state index in [1.807, 2.05) is 11.8 Å². The van der Waals surface area contributed by atoms with Crippen LogP contribution in [0.4, 0.5) is 4.39 Å². The van der Waals surface area contributed by atoms with Gasteiger partial charge in [0.25, 0.3) is 0 Å². The number of hydrogen-bond donors (Lipinski definition) is 1. The molecule has 0 radical (unpaired) electrons. The molecule has 1 aromatic rings. The van der Waals surface area contributed by atoms with E-state index in [0.29, 0.717) is 6.54 Å². The third-order valence-corrected chi connectivity index (χ3v) is 5.97. The minimum atomic E-state index is -0.378. The molecule has 1 spiro atoms. The molecule has 1 saturated heterocycles. The fraction of sp³-hybridized carbons (Fsp3) is 0.562. The molecule has 2 aliphatic rings. The lowest BCUT2D eigenvalue weighted by Gasteiger charge is -2.35. The van der Waals surface area contributed by atoms with Gasteiger partial charge in [-0.25, -0.2) is 4.39 Å². The zero-order valence-corrected chi connectivity index (χ0v) is 13.7. The van der Waals surface area contributed by atoms with Crippen molar-refractivity contribution < 1.29 is 4.39 Å². The molecule has 21 heavy (non-hydrogen) atoms. The van der Waals surface area contributed by atoms with Crippen LogP contribution in [0.3, 0.4) is 0 Å². The van der Waals surface area contributed by atoms with Gasteiger partial charge in [0.15, 0.2) is 5.17 Å². The zero-order valence-electron chi connectivity index (χ0n) is 12.2. The van der Waals surface area contributed by atoms with Crippen LogP contribution in [0.15, 0.2) is 23.2 Å². The maximum Gasteiger partial charge on any atom is 0.157 e. The van der Waals surface area contributed by atoms with Crippen LogP contribution in [-0.2, 0) is 6.54 Å². The van der Waals surface area contributed by atoms with Gasteiger partial charge < -0.3 is 5.32 Å². The van der Waals surface area contributed by atoms with Crippen LogP contribution in [0, 0.1) is 11.7 Å². The number of amidine groups is 1. The summed E-state index contributed by atoms with van der Waals surface area (Å²) in [5.41, 5.74) is 1.20. The highest BCUT2D eigenvalue weighted by atomic mass is 35.5. The van der Waals surface area contributed by atoms with Gasteiger partial charge in [-0.05, 0) is 49.3 Å². The second kappa shape index (κ2) is 6.17. The Balaban J connectivity index is 1.62. The summed E-state index contributed by atoms with van der Waals surface area (Å²) in [6, 6.07) is 4.79. The van der Waals surface area contributed by atoms with E-state index >= 15 is 0 Å². The van der Waals surface area contributed by atoms with Crippen LogP contribution < -0.4 is 5.32 Å². The van der Waals surface area contributed by atoms with Crippen LogP contribution in [0.1, 0.15) is 38.2 Å². The van der Waals surface area contributed by atoms with Crippen molar-refractivity contribution >= 4 is 28.5 Å². The van der Waals surface area contributed by atoms with Gasteiger partial charge in [0.05, 0.1) is 11.6 Å². The SMILES string of the molecule is CC1CCC2(CC1)CSC(=NCc1ccc(F)c(Cl)c1)N2. The van der Waals surface area contributed by atoms with Crippen molar-refractivity contribution in [1.29, 1.82) is 0 Å². The highest BCUT2D eigenvalue weighted by Gasteiger charge is 2.39. The summed E-state index contributed by atoms with van der Waals surface area (Å²) in [6.45, 7) is 2.88. The zero-order chi connectivity index (χ0) is 14.9. The molecular weight excluding hydrogens is 307 g/mol. The van der Waals surface area contributed by atoms with Gasteiger partial charge in [0, 0.05) is 11.3 Å². The molecule has 0 unspecified atom stereocenters. The van der Waals surface area contributed by atoms with Gasteiger partial charge >= 0.3 is 0 Å². The molecular formula is C16H20ClFN2S. The Hall–Kier alpha value is -0.740. The minimum Gasteiger partial charge on any atom is -0.359 e. The van der Waals surface area contributed by atoms with Crippen molar-refractivity contribution in [2.45, 2.75) is 44.7 Å². The second-order valence-electron chi connectivity index (χ2n) is 6.25. The Morgan fingerprint density at radius 3 is 2.90 bits per heavy atom. The van der Waals surface area contributed by atoms with Gasteiger partial charge in [-0.15, -0.1) is 0 Å². The van der Waals surface area contributed by atoms with E-state index in [1.54, 1.807) is 12.1 Å². The normalized spacial score (nSPS) is 30.8. The Bertz CT molecular complexity index is 553. The number of nitrogens with zero attached hydrogens (tertiary/aromatic N) is 1. The lowest BCUT2D eigenvalue weighted by Crippen LogP contribution is -2.46. The number of hydrogen-bond acceptors (Lipinski definition) is 2. The van der Waals surface area contributed by atoms with Crippen molar-refractivity contribution in [2.24, 2.45) is 10.9 Å². The fourth-order valence-corrected chi connectivity index (χ4v) is 4.40. The first-order valence-corrected chi connectivity index (χ1v) is 8.82. The molecule has 1 heterocycles. The number of aliphatic imine (C=N–C) groups is 1. The molecule has 0 atom stereocenters. The van der Waals surface area contributed by atoms with Crippen molar-refractivity contribution in [3.05, 3.63) is 34.6 Å². The average Bonchev–Trinajstić information content (AvgIpc) is 2.87. The van der Waals surface area contributed by atoms with Crippen LogP contribution in [0.2, 0.25) is 5.02 Å². The smallest absolute Gasteiger partial charge is 0.157 e. The number of rotatable bonds is 2. The molecule has 0 bridgehead atoms. The molecule has 2 nitrogen and oxygen atoms in total. The van der Waals surface area contributed by atoms with E-state index in [-0.39, 0.29) is 16.4 Å². The van der Waals surface area contributed by atoms with Crippen molar-refractivity contribution in [2.75, 3.05) is 5.75 Å². The van der Waals surface area contributed by atoms with E-state index in [2.05, 4.69) is 17.2 Å². The minimum absolute atomic E-state index is 0.164. The summed E-state index contributed by atoms with van der Waals surface area (Å²) in [6.07, 6.45) is 5.08. The molecule has 1 N–H and O–H groups in total. The van der Waals surface area contributed by atoms with Crippen molar-refractivity contribution in [1.82, 2.24) is 5.32 Å². The summed E-state index contributed by atoms with van der Waals surface area (Å²) >= 11 is 7.60. The first kappa shape index (κ1) is 15.2. The lowest BCUT2D eigenvalue weighted by molar-refractivity contribution is 0.251. The Morgan fingerprint density at radius 1 is 1.43 bits per heavy atom. The van der Waals surface area contributed by atoms with Gasteiger partial charge in [0.2, 0.25) is 0 Å². The highest BCUT2D eigenvalue weighted by Crippen LogP contribution is 2.38. The van der Waals surface area contributed by atoms with E-state index in [0.717, 1.165) is 22.4 Å². The average molecular weight is 327 g/mol. The molecule has 3 rings (SSSR count). The van der Waals surface area contributed by atoms with Crippen molar-refractivity contribution in [3.63, 3.8) is 0 Å². The molecule has 2 fully saturated rings. The second-order valence-corrected chi connectivity index (χ2v) is 7.62.